The van der Waals surface area contributed by atoms with Gasteiger partial charge in [0.1, 0.15) is 0 Å². The molecule has 0 aliphatic carbocycles. The number of benzene rings is 6. The molecule has 0 unspecified atom stereocenters. The first-order valence-electron chi connectivity index (χ1n) is 18.5. The minimum atomic E-state index is 0.822. The maximum Gasteiger partial charge on any atom is 0.0701 e. The summed E-state index contributed by atoms with van der Waals surface area (Å²) in [5, 5.41) is 7.76. The average Bonchev–Trinajstić information content (AvgIpc) is 3.24. The molecule has 0 radical (unpaired) electrons. The van der Waals surface area contributed by atoms with Crippen LogP contribution in [0.25, 0.3) is 77.0 Å². The fraction of sp³-hybridized carbons (Fsp3) is 0.0784. The molecule has 0 fully saturated rings. The van der Waals surface area contributed by atoms with Crippen molar-refractivity contribution >= 4 is 38.5 Å². The van der Waals surface area contributed by atoms with Crippen molar-refractivity contribution in [2.75, 3.05) is 6.54 Å². The number of rotatable bonds is 10. The van der Waals surface area contributed by atoms with Crippen LogP contribution in [-0.4, -0.2) is 22.7 Å². The van der Waals surface area contributed by atoms with Crippen molar-refractivity contribution in [1.82, 2.24) is 9.97 Å². The van der Waals surface area contributed by atoms with E-state index in [4.69, 9.17) is 0 Å². The van der Waals surface area contributed by atoms with E-state index in [0.717, 1.165) is 35.4 Å². The summed E-state index contributed by atoms with van der Waals surface area (Å²) >= 11 is 0. The molecule has 0 aliphatic heterocycles. The van der Waals surface area contributed by atoms with Crippen LogP contribution >= 0.6 is 0 Å². The first-order chi connectivity index (χ1) is 26.6. The third-order valence-corrected chi connectivity index (χ3v) is 9.84. The van der Waals surface area contributed by atoms with Crippen molar-refractivity contribution in [3.63, 3.8) is 0 Å². The Bertz CT molecular complexity index is 2460. The molecule has 0 atom stereocenters. The van der Waals surface area contributed by atoms with E-state index in [0.29, 0.717) is 0 Å². The largest absolute Gasteiger partial charge is 0.293 e. The van der Waals surface area contributed by atoms with Crippen molar-refractivity contribution in [3.8, 4) is 44.6 Å². The van der Waals surface area contributed by atoms with Gasteiger partial charge in [0.05, 0.1) is 5.69 Å². The highest BCUT2D eigenvalue weighted by molar-refractivity contribution is 6.27. The molecular formula is C51H43N3. The number of pyridine rings is 2. The zero-order chi connectivity index (χ0) is 37.3. The Labute approximate surface area is 318 Å². The van der Waals surface area contributed by atoms with Gasteiger partial charge >= 0.3 is 0 Å². The molecule has 6 aromatic carbocycles. The monoisotopic (exact) mass is 697 g/mol. The Morgan fingerprint density at radius 3 is 1.72 bits per heavy atom. The fourth-order valence-electron chi connectivity index (χ4n) is 7.13. The van der Waals surface area contributed by atoms with Crippen LogP contribution in [0.1, 0.15) is 20.3 Å². The number of nitrogens with zero attached hydrogens (tertiary/aromatic N) is 3. The first-order valence-corrected chi connectivity index (χ1v) is 18.5. The molecule has 54 heavy (non-hydrogen) atoms. The van der Waals surface area contributed by atoms with Gasteiger partial charge in [0, 0.05) is 36.9 Å². The van der Waals surface area contributed by atoms with Crippen LogP contribution in [0.15, 0.2) is 200 Å². The van der Waals surface area contributed by atoms with E-state index in [1.165, 1.54) is 65.7 Å². The van der Waals surface area contributed by atoms with Crippen molar-refractivity contribution in [3.05, 3.63) is 195 Å². The van der Waals surface area contributed by atoms with Crippen molar-refractivity contribution in [1.29, 1.82) is 0 Å². The van der Waals surface area contributed by atoms with E-state index in [1.54, 1.807) is 6.08 Å². The molecule has 0 N–H and O–H groups in total. The maximum absolute atomic E-state index is 4.51. The molecule has 2 heterocycles. The van der Waals surface area contributed by atoms with Crippen LogP contribution in [0.3, 0.4) is 0 Å². The molecule has 3 nitrogen and oxygen atoms in total. The molecule has 3 heteroatoms. The summed E-state index contributed by atoms with van der Waals surface area (Å²) in [4.78, 5) is 12.9. The summed E-state index contributed by atoms with van der Waals surface area (Å²) in [5.74, 6) is 0. The molecule has 0 saturated carbocycles. The zero-order valence-corrected chi connectivity index (χ0v) is 30.9. The lowest BCUT2D eigenvalue weighted by atomic mass is 9.87. The highest BCUT2D eigenvalue weighted by Gasteiger charge is 2.15. The van der Waals surface area contributed by atoms with Gasteiger partial charge in [-0.2, -0.15) is 0 Å². The molecule has 0 saturated heterocycles. The van der Waals surface area contributed by atoms with Gasteiger partial charge < -0.3 is 0 Å². The van der Waals surface area contributed by atoms with Crippen LogP contribution in [-0.2, 0) is 0 Å². The fourth-order valence-corrected chi connectivity index (χ4v) is 7.13. The van der Waals surface area contributed by atoms with Crippen LogP contribution in [0, 0.1) is 0 Å². The summed E-state index contributed by atoms with van der Waals surface area (Å²) in [6.45, 7) is 12.4. The molecular weight excluding hydrogens is 655 g/mol. The average molecular weight is 698 g/mol. The minimum absolute atomic E-state index is 0.822. The molecule has 0 bridgehead atoms. The third-order valence-electron chi connectivity index (χ3n) is 9.84. The van der Waals surface area contributed by atoms with Crippen molar-refractivity contribution in [2.45, 2.75) is 20.3 Å². The van der Waals surface area contributed by atoms with Gasteiger partial charge in [0.2, 0.25) is 0 Å². The van der Waals surface area contributed by atoms with E-state index >= 15 is 0 Å². The predicted octanol–water partition coefficient (Wildman–Crippen LogP) is 13.8. The Morgan fingerprint density at radius 1 is 0.593 bits per heavy atom. The number of hydrogen-bond acceptors (Lipinski definition) is 3. The van der Waals surface area contributed by atoms with Gasteiger partial charge in [-0.3, -0.25) is 15.0 Å². The predicted molar refractivity (Wildman–Crippen MR) is 233 cm³/mol. The zero-order valence-electron chi connectivity index (χ0n) is 30.9. The second-order valence-corrected chi connectivity index (χ2v) is 13.0. The Morgan fingerprint density at radius 2 is 1.20 bits per heavy atom. The summed E-state index contributed by atoms with van der Waals surface area (Å²) < 4.78 is 0. The number of aromatic nitrogens is 2. The van der Waals surface area contributed by atoms with E-state index in [2.05, 4.69) is 144 Å². The second kappa shape index (κ2) is 16.8. The van der Waals surface area contributed by atoms with Crippen LogP contribution in [0.4, 0.5) is 0 Å². The lowest BCUT2D eigenvalue weighted by Crippen LogP contribution is -1.90. The SMILES string of the molecule is C=C/C=C(C=C)/C(=C/C=NCC)CC.c1ccc(-c2ccc(-c3ccc4ccc5c(-c6ccc(-c7cccnc7)cc6)ccc6ccc3c4c65)cc2)nc1. The van der Waals surface area contributed by atoms with Gasteiger partial charge in [-0.25, -0.2) is 0 Å². The number of aliphatic imine (C=N–C) groups is 1. The van der Waals surface area contributed by atoms with Crippen LogP contribution in [0.5, 0.6) is 0 Å². The first kappa shape index (κ1) is 35.7. The summed E-state index contributed by atoms with van der Waals surface area (Å²) in [5.41, 5.74) is 11.7. The highest BCUT2D eigenvalue weighted by atomic mass is 14.7. The molecule has 0 aliphatic rings. The van der Waals surface area contributed by atoms with Gasteiger partial charge in [0.15, 0.2) is 0 Å². The Balaban J connectivity index is 0.000000276. The van der Waals surface area contributed by atoms with Crippen LogP contribution < -0.4 is 0 Å². The van der Waals surface area contributed by atoms with Gasteiger partial charge in [-0.1, -0.05) is 148 Å². The quantitative estimate of drug-likeness (QED) is 0.0810. The van der Waals surface area contributed by atoms with E-state index < -0.39 is 0 Å². The van der Waals surface area contributed by atoms with Crippen molar-refractivity contribution in [2.24, 2.45) is 4.99 Å². The highest BCUT2D eigenvalue weighted by Crippen LogP contribution is 2.42. The third kappa shape index (κ3) is 7.44. The topological polar surface area (TPSA) is 38.1 Å². The second-order valence-electron chi connectivity index (χ2n) is 13.0. The van der Waals surface area contributed by atoms with Gasteiger partial charge in [-0.05, 0) is 114 Å². The van der Waals surface area contributed by atoms with Crippen LogP contribution in [0.2, 0.25) is 0 Å². The summed E-state index contributed by atoms with van der Waals surface area (Å²) in [6.07, 6.45) is 16.0. The molecule has 2 aromatic heterocycles. The molecule has 8 rings (SSSR count). The number of allylic oxidation sites excluding steroid dienone is 6. The minimum Gasteiger partial charge on any atom is -0.293 e. The Kier molecular flexibility index (Phi) is 11.1. The smallest absolute Gasteiger partial charge is 0.0701 e. The van der Waals surface area contributed by atoms with Crippen molar-refractivity contribution < 1.29 is 0 Å². The normalized spacial score (nSPS) is 12.0. The summed E-state index contributed by atoms with van der Waals surface area (Å²) in [7, 11) is 0. The maximum atomic E-state index is 4.51. The van der Waals surface area contributed by atoms with E-state index in [-0.39, 0.29) is 0 Å². The number of hydrogen-bond donors (Lipinski definition) is 0. The lowest BCUT2D eigenvalue weighted by Gasteiger charge is -2.17. The van der Waals surface area contributed by atoms with Gasteiger partial charge in [-0.15, -0.1) is 0 Å². The molecule has 0 amide bonds. The van der Waals surface area contributed by atoms with E-state index in [1.807, 2.05) is 68.2 Å². The standard InChI is InChI=1S/C38H24N2.C13H19N/c1-2-23-40-36(5-1)28-12-10-27(11-13-28)33-19-15-30-16-20-34-32(18-14-29-17-21-35(33)38(30)37(29)34)26-8-6-25(7-9-26)31-4-3-22-39-24-31;1-5-9-12(6-2)13(7-3)10-11-14-8-4/h1-24H;5-6,9-11H,1-2,7-8H2,3-4H3/b;12-9+,13-10+,14-11?. The molecule has 262 valence electrons. The molecule has 0 spiro atoms. The molecule has 8 aromatic rings. The van der Waals surface area contributed by atoms with E-state index in [9.17, 15) is 0 Å². The lowest BCUT2D eigenvalue weighted by molar-refractivity contribution is 1.12. The van der Waals surface area contributed by atoms with Gasteiger partial charge in [0.25, 0.3) is 0 Å². The Hall–Kier alpha value is -6.71. The summed E-state index contributed by atoms with van der Waals surface area (Å²) in [6, 6.07) is 45.9.